The van der Waals surface area contributed by atoms with E-state index in [1.807, 2.05) is 0 Å². The van der Waals surface area contributed by atoms with Gasteiger partial charge in [0.2, 0.25) is 0 Å². The van der Waals surface area contributed by atoms with Gasteiger partial charge in [0.15, 0.2) is 0 Å². The first kappa shape index (κ1) is 15.2. The minimum Gasteiger partial charge on any atom is -0.378 e. The zero-order valence-electron chi connectivity index (χ0n) is 8.99. The molecule has 102 valence electrons. The first-order valence-corrected chi connectivity index (χ1v) is 5.63. The van der Waals surface area contributed by atoms with Crippen molar-refractivity contribution in [2.45, 2.75) is 12.1 Å². The Hall–Kier alpha value is -0.890. The van der Waals surface area contributed by atoms with E-state index in [2.05, 4.69) is 21.2 Å². The molecule has 1 rings (SSSR count). The van der Waals surface area contributed by atoms with Gasteiger partial charge >= 0.3 is 6.18 Å². The van der Waals surface area contributed by atoms with Gasteiger partial charge in [0.25, 0.3) is 5.92 Å². The third-order valence-electron chi connectivity index (χ3n) is 2.13. The van der Waals surface area contributed by atoms with Gasteiger partial charge in [-0.25, -0.2) is 8.78 Å². The van der Waals surface area contributed by atoms with Crippen LogP contribution >= 0.6 is 15.9 Å². The van der Waals surface area contributed by atoms with Crippen molar-refractivity contribution in [1.82, 2.24) is 0 Å². The van der Waals surface area contributed by atoms with Crippen LogP contribution in [0.1, 0.15) is 5.56 Å². The summed E-state index contributed by atoms with van der Waals surface area (Å²) in [5.74, 6) is -3.11. The molecule has 2 nitrogen and oxygen atoms in total. The second kappa shape index (κ2) is 5.40. The Kier molecular flexibility index (Phi) is 4.55. The van der Waals surface area contributed by atoms with Crippen LogP contribution in [-0.2, 0) is 6.18 Å². The van der Waals surface area contributed by atoms with Gasteiger partial charge < -0.3 is 11.1 Å². The van der Waals surface area contributed by atoms with Crippen molar-refractivity contribution in [2.24, 2.45) is 5.73 Å². The number of hydrogen-bond acceptors (Lipinski definition) is 2. The molecule has 0 spiro atoms. The Balaban J connectivity index is 2.81. The fourth-order valence-corrected chi connectivity index (χ4v) is 1.65. The Morgan fingerprint density at radius 2 is 1.78 bits per heavy atom. The number of hydrogen-bond donors (Lipinski definition) is 2. The van der Waals surface area contributed by atoms with Gasteiger partial charge in [-0.05, 0) is 34.1 Å². The molecule has 18 heavy (non-hydrogen) atoms. The third kappa shape index (κ3) is 4.09. The van der Waals surface area contributed by atoms with Crippen molar-refractivity contribution in [3.8, 4) is 0 Å². The number of alkyl halides is 5. The van der Waals surface area contributed by atoms with Crippen molar-refractivity contribution in [3.63, 3.8) is 0 Å². The normalized spacial score (nSPS) is 12.6. The van der Waals surface area contributed by atoms with E-state index in [1.165, 1.54) is 0 Å². The molecule has 8 heteroatoms. The highest BCUT2D eigenvalue weighted by molar-refractivity contribution is 9.10. The Morgan fingerprint density at radius 3 is 2.22 bits per heavy atom. The first-order valence-electron chi connectivity index (χ1n) is 4.84. The standard InChI is InChI=1S/C10H10BrF5N2/c11-7-3-6(10(14,15)16)1-2-8(7)18-5-9(12,13)4-17/h1-3,18H,4-5,17H2. The molecule has 0 saturated carbocycles. The molecule has 0 aliphatic carbocycles. The van der Waals surface area contributed by atoms with Crippen LogP contribution in [0.3, 0.4) is 0 Å². The van der Waals surface area contributed by atoms with E-state index in [1.54, 1.807) is 0 Å². The van der Waals surface area contributed by atoms with Crippen LogP contribution in [0.5, 0.6) is 0 Å². The molecular weight excluding hydrogens is 323 g/mol. The van der Waals surface area contributed by atoms with Gasteiger partial charge in [0.05, 0.1) is 18.7 Å². The van der Waals surface area contributed by atoms with E-state index in [0.29, 0.717) is 0 Å². The predicted molar refractivity (Wildman–Crippen MR) is 61.6 cm³/mol. The number of benzene rings is 1. The van der Waals surface area contributed by atoms with E-state index in [-0.39, 0.29) is 10.2 Å². The summed E-state index contributed by atoms with van der Waals surface area (Å²) in [5.41, 5.74) is 4.13. The molecule has 0 atom stereocenters. The zero-order chi connectivity index (χ0) is 14.0. The van der Waals surface area contributed by atoms with Crippen LogP contribution in [0.25, 0.3) is 0 Å². The van der Waals surface area contributed by atoms with Crippen LogP contribution in [0, 0.1) is 0 Å². The average molecular weight is 333 g/mol. The second-order valence-electron chi connectivity index (χ2n) is 3.61. The summed E-state index contributed by atoms with van der Waals surface area (Å²) in [6.07, 6.45) is -4.47. The topological polar surface area (TPSA) is 38.0 Å². The monoisotopic (exact) mass is 332 g/mol. The third-order valence-corrected chi connectivity index (χ3v) is 2.79. The highest BCUT2D eigenvalue weighted by atomic mass is 79.9. The Bertz CT molecular complexity index is 419. The molecule has 0 amide bonds. The lowest BCUT2D eigenvalue weighted by Gasteiger charge is -2.17. The number of nitrogens with two attached hydrogens (primary N) is 1. The van der Waals surface area contributed by atoms with Crippen molar-refractivity contribution < 1.29 is 22.0 Å². The fourth-order valence-electron chi connectivity index (χ4n) is 1.13. The van der Waals surface area contributed by atoms with Crippen molar-refractivity contribution in [2.75, 3.05) is 18.4 Å². The van der Waals surface area contributed by atoms with Crippen LogP contribution < -0.4 is 11.1 Å². The van der Waals surface area contributed by atoms with E-state index < -0.39 is 30.8 Å². The summed E-state index contributed by atoms with van der Waals surface area (Å²) < 4.78 is 62.8. The van der Waals surface area contributed by atoms with E-state index in [9.17, 15) is 22.0 Å². The molecule has 0 aliphatic heterocycles. The van der Waals surface area contributed by atoms with Gasteiger partial charge in [-0.15, -0.1) is 0 Å². The van der Waals surface area contributed by atoms with Gasteiger partial charge in [0.1, 0.15) is 0 Å². The Morgan fingerprint density at radius 1 is 1.17 bits per heavy atom. The molecule has 0 bridgehead atoms. The lowest BCUT2D eigenvalue weighted by Crippen LogP contribution is -2.35. The Labute approximate surface area is 108 Å². The number of halogens is 6. The van der Waals surface area contributed by atoms with Gasteiger partial charge in [-0.3, -0.25) is 0 Å². The van der Waals surface area contributed by atoms with Gasteiger partial charge in [-0.1, -0.05) is 0 Å². The van der Waals surface area contributed by atoms with Crippen LogP contribution in [0.2, 0.25) is 0 Å². The summed E-state index contributed by atoms with van der Waals surface area (Å²) >= 11 is 2.89. The van der Waals surface area contributed by atoms with E-state index in [4.69, 9.17) is 5.73 Å². The molecule has 1 aromatic rings. The maximum Gasteiger partial charge on any atom is 0.416 e. The lowest BCUT2D eigenvalue weighted by atomic mass is 10.2. The molecule has 0 aromatic heterocycles. The summed E-state index contributed by atoms with van der Waals surface area (Å²) in [5, 5.41) is 2.34. The van der Waals surface area contributed by atoms with Crippen molar-refractivity contribution in [1.29, 1.82) is 0 Å². The van der Waals surface area contributed by atoms with Crippen LogP contribution in [0.15, 0.2) is 22.7 Å². The number of nitrogens with one attached hydrogen (secondary N) is 1. The molecular formula is C10H10BrF5N2. The average Bonchev–Trinajstić information content (AvgIpc) is 2.26. The zero-order valence-corrected chi connectivity index (χ0v) is 10.6. The van der Waals surface area contributed by atoms with Crippen LogP contribution in [0.4, 0.5) is 27.6 Å². The highest BCUT2D eigenvalue weighted by Crippen LogP contribution is 2.34. The molecule has 0 heterocycles. The minimum atomic E-state index is -4.47. The SMILES string of the molecule is NCC(F)(F)CNc1ccc(C(F)(F)F)cc1Br. The molecule has 1 aromatic carbocycles. The molecule has 0 unspecified atom stereocenters. The fraction of sp³-hybridized carbons (Fsp3) is 0.400. The quantitative estimate of drug-likeness (QED) is 0.828. The molecule has 0 fully saturated rings. The summed E-state index contributed by atoms with van der Waals surface area (Å²) in [6.45, 7) is -1.58. The minimum absolute atomic E-state index is 0.0603. The lowest BCUT2D eigenvalue weighted by molar-refractivity contribution is -0.137. The predicted octanol–water partition coefficient (Wildman–Crippen LogP) is 3.47. The first-order chi connectivity index (χ1) is 8.15. The molecule has 0 saturated heterocycles. The van der Waals surface area contributed by atoms with Crippen molar-refractivity contribution in [3.05, 3.63) is 28.2 Å². The van der Waals surface area contributed by atoms with E-state index >= 15 is 0 Å². The van der Waals surface area contributed by atoms with Crippen molar-refractivity contribution >= 4 is 21.6 Å². The highest BCUT2D eigenvalue weighted by Gasteiger charge is 2.31. The number of anilines is 1. The van der Waals surface area contributed by atoms with E-state index in [0.717, 1.165) is 18.2 Å². The smallest absolute Gasteiger partial charge is 0.378 e. The summed E-state index contributed by atoms with van der Waals surface area (Å²) in [4.78, 5) is 0. The van der Waals surface area contributed by atoms with Crippen LogP contribution in [-0.4, -0.2) is 19.0 Å². The summed E-state index contributed by atoms with van der Waals surface area (Å²) in [6, 6.07) is 2.72. The molecule has 0 radical (unpaired) electrons. The largest absolute Gasteiger partial charge is 0.416 e. The van der Waals surface area contributed by atoms with Gasteiger partial charge in [0, 0.05) is 10.2 Å². The maximum atomic E-state index is 12.9. The second-order valence-corrected chi connectivity index (χ2v) is 4.46. The summed E-state index contributed by atoms with van der Waals surface area (Å²) in [7, 11) is 0. The van der Waals surface area contributed by atoms with Gasteiger partial charge in [-0.2, -0.15) is 13.2 Å². The molecule has 3 N–H and O–H groups in total. The maximum absolute atomic E-state index is 12.9. The molecule has 0 aliphatic rings. The number of rotatable bonds is 4.